The van der Waals surface area contributed by atoms with Crippen LogP contribution in [-0.4, -0.2) is 19.2 Å². The van der Waals surface area contributed by atoms with Crippen molar-refractivity contribution in [1.29, 1.82) is 0 Å². The third kappa shape index (κ3) is 5.41. The zero-order valence-corrected chi connectivity index (χ0v) is 6.81. The van der Waals surface area contributed by atoms with Gasteiger partial charge in [0.15, 0.2) is 0 Å². The van der Waals surface area contributed by atoms with E-state index in [0.717, 1.165) is 0 Å². The van der Waals surface area contributed by atoms with Gasteiger partial charge in [0.25, 0.3) is 0 Å². The van der Waals surface area contributed by atoms with Crippen LogP contribution < -0.4 is 5.32 Å². The van der Waals surface area contributed by atoms with Gasteiger partial charge >= 0.3 is 6.09 Å². The summed E-state index contributed by atoms with van der Waals surface area (Å²) in [6.45, 7) is 6.97. The number of ether oxygens (including phenoxy) is 1. The smallest absolute Gasteiger partial charge is 0.407 e. The van der Waals surface area contributed by atoms with E-state index < -0.39 is 0 Å². The molecule has 0 aromatic rings. The van der Waals surface area contributed by atoms with Crippen molar-refractivity contribution >= 4 is 6.09 Å². The molecule has 3 heteroatoms. The molecule has 0 aliphatic heterocycles. The molecule has 10 heavy (non-hydrogen) atoms. The number of rotatable bonds is 3. The van der Waals surface area contributed by atoms with Gasteiger partial charge in [0.1, 0.15) is 0 Å². The Morgan fingerprint density at radius 1 is 1.60 bits per heavy atom. The van der Waals surface area contributed by atoms with Gasteiger partial charge in [-0.1, -0.05) is 13.8 Å². The SMILES string of the molecule is CCNC(=O)OCC(C)C. The minimum Gasteiger partial charge on any atom is -0.449 e. The van der Waals surface area contributed by atoms with E-state index in [2.05, 4.69) is 5.32 Å². The van der Waals surface area contributed by atoms with Gasteiger partial charge in [-0.25, -0.2) is 4.79 Å². The maximum absolute atomic E-state index is 10.6. The second kappa shape index (κ2) is 5.09. The Balaban J connectivity index is 3.22. The molecule has 0 fully saturated rings. The van der Waals surface area contributed by atoms with Crippen LogP contribution in [-0.2, 0) is 4.74 Å². The molecule has 0 rings (SSSR count). The van der Waals surface area contributed by atoms with Gasteiger partial charge in [0, 0.05) is 6.54 Å². The fourth-order valence-electron chi connectivity index (χ4n) is 0.438. The molecule has 0 saturated carbocycles. The second-order valence-electron chi connectivity index (χ2n) is 2.52. The average molecular weight is 145 g/mol. The number of carbonyl (C=O) groups excluding carboxylic acids is 1. The lowest BCUT2D eigenvalue weighted by Gasteiger charge is -2.06. The number of hydrogen-bond acceptors (Lipinski definition) is 2. The van der Waals surface area contributed by atoms with Gasteiger partial charge < -0.3 is 10.1 Å². The van der Waals surface area contributed by atoms with E-state index in [0.29, 0.717) is 19.1 Å². The Morgan fingerprint density at radius 2 is 2.20 bits per heavy atom. The molecule has 0 saturated heterocycles. The molecule has 0 aliphatic carbocycles. The van der Waals surface area contributed by atoms with Gasteiger partial charge in [-0.15, -0.1) is 0 Å². The summed E-state index contributed by atoms with van der Waals surface area (Å²) in [6, 6.07) is 0. The zero-order valence-electron chi connectivity index (χ0n) is 6.81. The lowest BCUT2D eigenvalue weighted by molar-refractivity contribution is 0.133. The minimum absolute atomic E-state index is 0.323. The van der Waals surface area contributed by atoms with E-state index in [1.165, 1.54) is 0 Å². The number of amides is 1. The first-order chi connectivity index (χ1) is 4.66. The molecule has 0 unspecified atom stereocenters. The third-order valence-electron chi connectivity index (χ3n) is 0.869. The number of hydrogen-bond donors (Lipinski definition) is 1. The Kier molecular flexibility index (Phi) is 4.72. The van der Waals surface area contributed by atoms with E-state index in [-0.39, 0.29) is 6.09 Å². The average Bonchev–Trinajstić information content (AvgIpc) is 1.85. The van der Waals surface area contributed by atoms with E-state index in [4.69, 9.17) is 4.74 Å². The van der Waals surface area contributed by atoms with Crippen LogP contribution in [0.15, 0.2) is 0 Å². The summed E-state index contributed by atoms with van der Waals surface area (Å²) in [5.74, 6) is 0.405. The minimum atomic E-state index is -0.323. The summed E-state index contributed by atoms with van der Waals surface area (Å²) in [4.78, 5) is 10.6. The predicted molar refractivity (Wildman–Crippen MR) is 39.9 cm³/mol. The predicted octanol–water partition coefficient (Wildman–Crippen LogP) is 1.39. The van der Waals surface area contributed by atoms with E-state index >= 15 is 0 Å². The zero-order chi connectivity index (χ0) is 7.98. The van der Waals surface area contributed by atoms with Crippen molar-refractivity contribution in [3.8, 4) is 0 Å². The number of nitrogens with one attached hydrogen (secondary N) is 1. The monoisotopic (exact) mass is 145 g/mol. The lowest BCUT2D eigenvalue weighted by atomic mass is 10.2. The molecule has 0 bridgehead atoms. The topological polar surface area (TPSA) is 38.3 Å². The molecule has 60 valence electrons. The first-order valence-corrected chi connectivity index (χ1v) is 3.57. The quantitative estimate of drug-likeness (QED) is 0.651. The van der Waals surface area contributed by atoms with Crippen molar-refractivity contribution in [3.05, 3.63) is 0 Å². The normalized spacial score (nSPS) is 9.60. The summed E-state index contributed by atoms with van der Waals surface area (Å²) in [7, 11) is 0. The molecular formula is C7H15NO2. The summed E-state index contributed by atoms with van der Waals surface area (Å²) in [5, 5.41) is 2.54. The van der Waals surface area contributed by atoms with Crippen LogP contribution in [0.5, 0.6) is 0 Å². The molecule has 0 aromatic heterocycles. The lowest BCUT2D eigenvalue weighted by Crippen LogP contribution is -2.25. The van der Waals surface area contributed by atoms with Crippen LogP contribution in [0.25, 0.3) is 0 Å². The highest BCUT2D eigenvalue weighted by Crippen LogP contribution is 1.91. The van der Waals surface area contributed by atoms with Crippen molar-refractivity contribution in [2.45, 2.75) is 20.8 Å². The Bertz CT molecular complexity index is 102. The van der Waals surface area contributed by atoms with Gasteiger partial charge in [-0.3, -0.25) is 0 Å². The van der Waals surface area contributed by atoms with Crippen LogP contribution in [0.3, 0.4) is 0 Å². The van der Waals surface area contributed by atoms with Gasteiger partial charge in [0.2, 0.25) is 0 Å². The summed E-state index contributed by atoms with van der Waals surface area (Å²) < 4.78 is 4.79. The standard InChI is InChI=1S/C7H15NO2/c1-4-8-7(9)10-5-6(2)3/h6H,4-5H2,1-3H3,(H,8,9). The molecule has 0 heterocycles. The molecule has 3 nitrogen and oxygen atoms in total. The highest BCUT2D eigenvalue weighted by Gasteiger charge is 1.99. The molecule has 0 aliphatic rings. The Labute approximate surface area is 61.8 Å². The summed E-state index contributed by atoms with van der Waals surface area (Å²) >= 11 is 0. The van der Waals surface area contributed by atoms with E-state index in [1.807, 2.05) is 20.8 Å². The van der Waals surface area contributed by atoms with Gasteiger partial charge in [-0.2, -0.15) is 0 Å². The molecular weight excluding hydrogens is 130 g/mol. The highest BCUT2D eigenvalue weighted by atomic mass is 16.5. The largest absolute Gasteiger partial charge is 0.449 e. The van der Waals surface area contributed by atoms with Crippen molar-refractivity contribution < 1.29 is 9.53 Å². The molecule has 0 spiro atoms. The summed E-state index contributed by atoms with van der Waals surface area (Å²) in [6.07, 6.45) is -0.323. The Morgan fingerprint density at radius 3 is 2.60 bits per heavy atom. The molecule has 1 N–H and O–H groups in total. The fraction of sp³-hybridized carbons (Fsp3) is 0.857. The van der Waals surface area contributed by atoms with Gasteiger partial charge in [-0.05, 0) is 12.8 Å². The number of carbonyl (C=O) groups is 1. The van der Waals surface area contributed by atoms with Crippen molar-refractivity contribution in [2.75, 3.05) is 13.2 Å². The first kappa shape index (κ1) is 9.27. The van der Waals surface area contributed by atoms with Crippen LogP contribution in [0.1, 0.15) is 20.8 Å². The molecule has 1 amide bonds. The van der Waals surface area contributed by atoms with Crippen LogP contribution in [0.4, 0.5) is 4.79 Å². The molecule has 0 radical (unpaired) electrons. The highest BCUT2D eigenvalue weighted by molar-refractivity contribution is 5.66. The Hall–Kier alpha value is -0.730. The van der Waals surface area contributed by atoms with E-state index in [9.17, 15) is 4.79 Å². The maximum atomic E-state index is 10.6. The molecule has 0 aromatic carbocycles. The second-order valence-corrected chi connectivity index (χ2v) is 2.52. The van der Waals surface area contributed by atoms with Gasteiger partial charge in [0.05, 0.1) is 6.61 Å². The van der Waals surface area contributed by atoms with Crippen molar-refractivity contribution in [2.24, 2.45) is 5.92 Å². The van der Waals surface area contributed by atoms with Crippen molar-refractivity contribution in [3.63, 3.8) is 0 Å². The van der Waals surface area contributed by atoms with Crippen LogP contribution in [0.2, 0.25) is 0 Å². The maximum Gasteiger partial charge on any atom is 0.407 e. The fourth-order valence-corrected chi connectivity index (χ4v) is 0.438. The third-order valence-corrected chi connectivity index (χ3v) is 0.869. The van der Waals surface area contributed by atoms with Crippen LogP contribution in [0, 0.1) is 5.92 Å². The van der Waals surface area contributed by atoms with Crippen LogP contribution >= 0.6 is 0 Å². The first-order valence-electron chi connectivity index (χ1n) is 3.57. The van der Waals surface area contributed by atoms with Crippen molar-refractivity contribution in [1.82, 2.24) is 5.32 Å². The number of alkyl carbamates (subject to hydrolysis) is 1. The summed E-state index contributed by atoms with van der Waals surface area (Å²) in [5.41, 5.74) is 0. The molecule has 0 atom stereocenters. The van der Waals surface area contributed by atoms with E-state index in [1.54, 1.807) is 0 Å².